The molecule has 0 unspecified atom stereocenters. The van der Waals surface area contributed by atoms with E-state index in [9.17, 15) is 4.79 Å². The second kappa shape index (κ2) is 8.35. The van der Waals surface area contributed by atoms with Crippen molar-refractivity contribution in [3.8, 4) is 11.5 Å². The molecule has 0 N–H and O–H groups in total. The predicted octanol–water partition coefficient (Wildman–Crippen LogP) is 4.28. The van der Waals surface area contributed by atoms with Crippen LogP contribution < -0.4 is 9.47 Å². The van der Waals surface area contributed by atoms with Crippen LogP contribution in [-0.4, -0.2) is 36.1 Å². The second-order valence-electron chi connectivity index (χ2n) is 6.41. The van der Waals surface area contributed by atoms with Crippen molar-refractivity contribution >= 4 is 17.7 Å². The standard InChI is InChI=1S/C22H20N2O3S/c1-24(15-16-9-10-19-20(14-16)27-13-12-26-19)22(25)18-8-5-11-23-21(18)28-17-6-3-2-4-7-17/h2-11,14H,12-13,15H2,1H3. The van der Waals surface area contributed by atoms with Crippen LogP contribution in [0.15, 0.2) is 76.8 Å². The summed E-state index contributed by atoms with van der Waals surface area (Å²) in [4.78, 5) is 20.2. The van der Waals surface area contributed by atoms with E-state index < -0.39 is 0 Å². The molecule has 28 heavy (non-hydrogen) atoms. The molecular weight excluding hydrogens is 372 g/mol. The molecule has 0 atom stereocenters. The molecule has 0 bridgehead atoms. The van der Waals surface area contributed by atoms with Gasteiger partial charge in [-0.2, -0.15) is 0 Å². The van der Waals surface area contributed by atoms with E-state index in [1.165, 1.54) is 11.8 Å². The van der Waals surface area contributed by atoms with Crippen molar-refractivity contribution in [2.24, 2.45) is 0 Å². The number of nitrogens with zero attached hydrogens (tertiary/aromatic N) is 2. The largest absolute Gasteiger partial charge is 0.486 e. The topological polar surface area (TPSA) is 51.7 Å². The first-order valence-corrected chi connectivity index (χ1v) is 9.84. The summed E-state index contributed by atoms with van der Waals surface area (Å²) in [5, 5.41) is 0.702. The minimum Gasteiger partial charge on any atom is -0.486 e. The number of fused-ring (bicyclic) bond motifs is 1. The highest BCUT2D eigenvalue weighted by Crippen LogP contribution is 2.32. The summed E-state index contributed by atoms with van der Waals surface area (Å²) in [5.74, 6) is 1.41. The molecule has 1 aliphatic rings. The Labute approximate surface area is 168 Å². The molecule has 0 saturated carbocycles. The average molecular weight is 392 g/mol. The third kappa shape index (κ3) is 4.12. The summed E-state index contributed by atoms with van der Waals surface area (Å²) in [6, 6.07) is 19.3. The van der Waals surface area contributed by atoms with E-state index in [0.717, 1.165) is 22.0 Å². The summed E-state index contributed by atoms with van der Waals surface area (Å²) < 4.78 is 11.2. The van der Waals surface area contributed by atoms with E-state index in [1.807, 2.05) is 54.6 Å². The molecule has 0 saturated heterocycles. The van der Waals surface area contributed by atoms with Gasteiger partial charge in [0.25, 0.3) is 5.91 Å². The number of hydrogen-bond donors (Lipinski definition) is 0. The lowest BCUT2D eigenvalue weighted by atomic mass is 10.1. The van der Waals surface area contributed by atoms with Gasteiger partial charge in [0.1, 0.15) is 18.2 Å². The Morgan fingerprint density at radius 1 is 1.04 bits per heavy atom. The van der Waals surface area contributed by atoms with Crippen LogP contribution in [0.3, 0.4) is 0 Å². The fraction of sp³-hybridized carbons (Fsp3) is 0.182. The highest BCUT2D eigenvalue weighted by molar-refractivity contribution is 7.99. The third-order valence-corrected chi connectivity index (χ3v) is 5.36. The Kier molecular flexibility index (Phi) is 5.48. The van der Waals surface area contributed by atoms with Gasteiger partial charge in [0.05, 0.1) is 5.56 Å². The van der Waals surface area contributed by atoms with Crippen LogP contribution in [0.2, 0.25) is 0 Å². The zero-order valence-corrected chi connectivity index (χ0v) is 16.3. The highest BCUT2D eigenvalue weighted by atomic mass is 32.2. The molecule has 0 aliphatic carbocycles. The van der Waals surface area contributed by atoms with Crippen LogP contribution in [0.25, 0.3) is 0 Å². The Morgan fingerprint density at radius 3 is 2.64 bits per heavy atom. The van der Waals surface area contributed by atoms with Gasteiger partial charge >= 0.3 is 0 Å². The molecule has 1 aliphatic heterocycles. The number of ether oxygens (including phenoxy) is 2. The SMILES string of the molecule is CN(Cc1ccc2c(c1)OCCO2)C(=O)c1cccnc1Sc1ccccc1. The van der Waals surface area contributed by atoms with Crippen molar-refractivity contribution in [3.05, 3.63) is 78.0 Å². The van der Waals surface area contributed by atoms with Crippen LogP contribution in [0.4, 0.5) is 0 Å². The number of benzene rings is 2. The number of carbonyl (C=O) groups is 1. The maximum Gasteiger partial charge on any atom is 0.256 e. The maximum absolute atomic E-state index is 13.1. The van der Waals surface area contributed by atoms with Gasteiger partial charge in [-0.3, -0.25) is 4.79 Å². The maximum atomic E-state index is 13.1. The molecule has 1 aromatic heterocycles. The molecule has 3 aromatic rings. The third-order valence-electron chi connectivity index (χ3n) is 4.33. The van der Waals surface area contributed by atoms with Gasteiger partial charge in [-0.1, -0.05) is 36.0 Å². The highest BCUT2D eigenvalue weighted by Gasteiger charge is 2.19. The fourth-order valence-corrected chi connectivity index (χ4v) is 3.87. The van der Waals surface area contributed by atoms with Gasteiger partial charge in [-0.25, -0.2) is 4.98 Å². The number of pyridine rings is 1. The molecule has 2 heterocycles. The number of hydrogen-bond acceptors (Lipinski definition) is 5. The van der Waals surface area contributed by atoms with Crippen molar-refractivity contribution in [2.45, 2.75) is 16.5 Å². The van der Waals surface area contributed by atoms with Crippen LogP contribution >= 0.6 is 11.8 Å². The molecule has 0 spiro atoms. The fourth-order valence-electron chi connectivity index (χ4n) is 2.97. The van der Waals surface area contributed by atoms with E-state index in [1.54, 1.807) is 24.2 Å². The number of aromatic nitrogens is 1. The lowest BCUT2D eigenvalue weighted by Crippen LogP contribution is -2.27. The summed E-state index contributed by atoms with van der Waals surface area (Å²) in [6.45, 7) is 1.58. The average Bonchev–Trinajstić information content (AvgIpc) is 2.74. The van der Waals surface area contributed by atoms with E-state index >= 15 is 0 Å². The Bertz CT molecular complexity index is 979. The number of amides is 1. The first-order chi connectivity index (χ1) is 13.7. The Hall–Kier alpha value is -2.99. The first-order valence-electron chi connectivity index (χ1n) is 9.02. The molecule has 6 heteroatoms. The lowest BCUT2D eigenvalue weighted by Gasteiger charge is -2.21. The zero-order valence-electron chi connectivity index (χ0n) is 15.5. The predicted molar refractivity (Wildman–Crippen MR) is 108 cm³/mol. The minimum atomic E-state index is -0.0681. The molecule has 0 radical (unpaired) electrons. The normalized spacial score (nSPS) is 12.5. The van der Waals surface area contributed by atoms with Gasteiger partial charge in [-0.15, -0.1) is 0 Å². The molecule has 142 valence electrons. The first kappa shape index (κ1) is 18.4. The molecule has 1 amide bonds. The Morgan fingerprint density at radius 2 is 1.82 bits per heavy atom. The van der Waals surface area contributed by atoms with Crippen molar-refractivity contribution in [2.75, 3.05) is 20.3 Å². The molecule has 2 aromatic carbocycles. The number of carbonyl (C=O) groups excluding carboxylic acids is 1. The van der Waals surface area contributed by atoms with Crippen molar-refractivity contribution < 1.29 is 14.3 Å². The Balaban J connectivity index is 1.51. The van der Waals surface area contributed by atoms with Crippen molar-refractivity contribution in [1.82, 2.24) is 9.88 Å². The molecule has 0 fully saturated rings. The molecule has 4 rings (SSSR count). The summed E-state index contributed by atoms with van der Waals surface area (Å²) in [7, 11) is 1.79. The monoisotopic (exact) mass is 392 g/mol. The van der Waals surface area contributed by atoms with E-state index in [-0.39, 0.29) is 5.91 Å². The van der Waals surface area contributed by atoms with E-state index in [0.29, 0.717) is 30.3 Å². The van der Waals surface area contributed by atoms with Crippen molar-refractivity contribution in [3.63, 3.8) is 0 Å². The second-order valence-corrected chi connectivity index (χ2v) is 7.47. The smallest absolute Gasteiger partial charge is 0.256 e. The van der Waals surface area contributed by atoms with Gasteiger partial charge in [0.15, 0.2) is 11.5 Å². The number of rotatable bonds is 5. The van der Waals surface area contributed by atoms with Gasteiger partial charge in [0.2, 0.25) is 0 Å². The summed E-state index contributed by atoms with van der Waals surface area (Å²) >= 11 is 1.49. The van der Waals surface area contributed by atoms with Gasteiger partial charge in [0, 0.05) is 24.7 Å². The minimum absolute atomic E-state index is 0.0681. The molecular formula is C22H20N2O3S. The van der Waals surface area contributed by atoms with Crippen LogP contribution in [0.5, 0.6) is 11.5 Å². The lowest BCUT2D eigenvalue weighted by molar-refractivity contribution is 0.0780. The van der Waals surface area contributed by atoms with Gasteiger partial charge < -0.3 is 14.4 Å². The quantitative estimate of drug-likeness (QED) is 0.649. The molecule has 5 nitrogen and oxygen atoms in total. The van der Waals surface area contributed by atoms with Crippen LogP contribution in [0, 0.1) is 0 Å². The van der Waals surface area contributed by atoms with Crippen LogP contribution in [0.1, 0.15) is 15.9 Å². The van der Waals surface area contributed by atoms with Crippen molar-refractivity contribution in [1.29, 1.82) is 0 Å². The van der Waals surface area contributed by atoms with Gasteiger partial charge in [-0.05, 0) is 42.0 Å². The van der Waals surface area contributed by atoms with Crippen LogP contribution in [-0.2, 0) is 6.54 Å². The van der Waals surface area contributed by atoms with E-state index in [2.05, 4.69) is 4.98 Å². The van der Waals surface area contributed by atoms with E-state index in [4.69, 9.17) is 9.47 Å². The summed E-state index contributed by atoms with van der Waals surface area (Å²) in [5.41, 5.74) is 1.58. The zero-order chi connectivity index (χ0) is 19.3. The summed E-state index contributed by atoms with van der Waals surface area (Å²) in [6.07, 6.45) is 1.71.